The van der Waals surface area contributed by atoms with E-state index >= 15 is 0 Å². The minimum Gasteiger partial charge on any atom is -0.511 e. The molecule has 4 nitrogen and oxygen atoms in total. The molecule has 0 atom stereocenters. The van der Waals surface area contributed by atoms with Crippen molar-refractivity contribution >= 4 is 38.6 Å². The topological polar surface area (TPSA) is 74.0 Å². The van der Waals surface area contributed by atoms with E-state index in [-0.39, 0.29) is 28.6 Å². The maximum atomic E-state index is 11.9. The number of nitriles is 1. The summed E-state index contributed by atoms with van der Waals surface area (Å²) in [4.78, 5) is 15.7. The summed E-state index contributed by atoms with van der Waals surface area (Å²) in [7, 11) is 0. The summed E-state index contributed by atoms with van der Waals surface area (Å²) >= 11 is 6.72. The number of allylic oxidation sites excluding steroid dienone is 2. The Morgan fingerprint density at radius 1 is 1.47 bits per heavy atom. The number of hydrogen-bond donors (Lipinski definition) is 1. The van der Waals surface area contributed by atoms with Gasteiger partial charge in [-0.2, -0.15) is 10.2 Å². The lowest BCUT2D eigenvalue weighted by molar-refractivity contribution is 0.399. The molecule has 0 fully saturated rings. The summed E-state index contributed by atoms with van der Waals surface area (Å²) in [6.07, 6.45) is 0.167. The van der Waals surface area contributed by atoms with Crippen LogP contribution in [0.1, 0.15) is 11.4 Å². The Hall–Kier alpha value is -1.90. The van der Waals surface area contributed by atoms with Gasteiger partial charge in [-0.25, -0.2) is 0 Å². The van der Waals surface area contributed by atoms with Gasteiger partial charge in [-0.05, 0) is 12.1 Å². The molecular weight excluding hydrogens is 284 g/mol. The van der Waals surface area contributed by atoms with Crippen LogP contribution >= 0.6 is 22.9 Å². The van der Waals surface area contributed by atoms with Crippen LogP contribution in [-0.4, -0.2) is 16.0 Å². The predicted octanol–water partition coefficient (Wildman–Crippen LogP) is 3.08. The van der Waals surface area contributed by atoms with Gasteiger partial charge in [0.15, 0.2) is 0 Å². The van der Waals surface area contributed by atoms with Gasteiger partial charge in [-0.3, -0.25) is 4.79 Å². The standard InChI is InChI=1S/C13H9ClN2O2S/c14-6-5-10(17)9(7-15)13-16-12(18)8-3-1-2-4-11(8)19-13/h1-4,17H,5-6H2. The number of hydrogen-bond acceptors (Lipinski definition) is 5. The fourth-order valence-electron chi connectivity index (χ4n) is 1.57. The van der Waals surface area contributed by atoms with E-state index in [1.54, 1.807) is 24.3 Å². The second-order valence-electron chi connectivity index (χ2n) is 3.69. The first-order valence-electron chi connectivity index (χ1n) is 5.45. The third kappa shape index (κ3) is 2.75. The highest BCUT2D eigenvalue weighted by Crippen LogP contribution is 2.24. The number of aliphatic hydroxyl groups is 1. The summed E-state index contributed by atoms with van der Waals surface area (Å²) in [5.41, 5.74) is -0.399. The van der Waals surface area contributed by atoms with Crippen LogP contribution in [0.25, 0.3) is 15.7 Å². The second-order valence-corrected chi connectivity index (χ2v) is 5.10. The van der Waals surface area contributed by atoms with Crippen LogP contribution in [0.4, 0.5) is 0 Å². The van der Waals surface area contributed by atoms with Crippen molar-refractivity contribution in [3.63, 3.8) is 0 Å². The number of aliphatic hydroxyl groups excluding tert-OH is 1. The minimum atomic E-state index is -0.407. The Balaban J connectivity index is 2.67. The molecule has 0 spiro atoms. The average Bonchev–Trinajstić information content (AvgIpc) is 2.40. The van der Waals surface area contributed by atoms with Crippen molar-refractivity contribution in [1.29, 1.82) is 5.26 Å². The number of halogens is 1. The average molecular weight is 293 g/mol. The highest BCUT2D eigenvalue weighted by molar-refractivity contribution is 7.19. The molecule has 2 rings (SSSR count). The Morgan fingerprint density at radius 3 is 2.89 bits per heavy atom. The van der Waals surface area contributed by atoms with Crippen LogP contribution in [0.3, 0.4) is 0 Å². The van der Waals surface area contributed by atoms with E-state index in [0.29, 0.717) is 5.39 Å². The summed E-state index contributed by atoms with van der Waals surface area (Å²) in [6, 6.07) is 8.89. The first-order valence-corrected chi connectivity index (χ1v) is 6.81. The first-order chi connectivity index (χ1) is 9.17. The van der Waals surface area contributed by atoms with E-state index < -0.39 is 5.56 Å². The van der Waals surface area contributed by atoms with E-state index in [1.165, 1.54) is 11.3 Å². The summed E-state index contributed by atoms with van der Waals surface area (Å²) in [5.74, 6) is 0.0513. The van der Waals surface area contributed by atoms with Crippen LogP contribution in [0.15, 0.2) is 34.8 Å². The zero-order chi connectivity index (χ0) is 13.8. The van der Waals surface area contributed by atoms with Gasteiger partial charge in [-0.15, -0.1) is 22.9 Å². The number of rotatable bonds is 3. The van der Waals surface area contributed by atoms with Crippen molar-refractivity contribution < 1.29 is 5.11 Å². The van der Waals surface area contributed by atoms with Crippen molar-refractivity contribution in [2.75, 3.05) is 5.88 Å². The third-order valence-electron chi connectivity index (χ3n) is 2.47. The van der Waals surface area contributed by atoms with Crippen molar-refractivity contribution in [1.82, 2.24) is 4.98 Å². The highest BCUT2D eigenvalue weighted by Gasteiger charge is 2.13. The molecule has 1 aromatic carbocycles. The van der Waals surface area contributed by atoms with E-state index in [4.69, 9.17) is 16.9 Å². The van der Waals surface area contributed by atoms with Gasteiger partial charge in [0.25, 0.3) is 5.56 Å². The van der Waals surface area contributed by atoms with Crippen molar-refractivity contribution in [2.24, 2.45) is 0 Å². The van der Waals surface area contributed by atoms with Crippen LogP contribution in [0.2, 0.25) is 0 Å². The number of alkyl halides is 1. The summed E-state index contributed by atoms with van der Waals surface area (Å²) in [5, 5.41) is 19.6. The number of fused-ring (bicyclic) bond motifs is 1. The molecule has 1 heterocycles. The fraction of sp³-hybridized carbons (Fsp3) is 0.154. The molecule has 0 amide bonds. The minimum absolute atomic E-state index is 0.00787. The summed E-state index contributed by atoms with van der Waals surface area (Å²) < 4.78 is 0.726. The maximum absolute atomic E-state index is 11.9. The smallest absolute Gasteiger partial charge is 0.279 e. The molecule has 0 unspecified atom stereocenters. The summed E-state index contributed by atoms with van der Waals surface area (Å²) in [6.45, 7) is 0. The van der Waals surface area contributed by atoms with Gasteiger partial charge >= 0.3 is 0 Å². The van der Waals surface area contributed by atoms with Crippen LogP contribution < -0.4 is 5.56 Å². The quantitative estimate of drug-likeness (QED) is 0.536. The number of nitrogens with zero attached hydrogens (tertiary/aromatic N) is 2. The van der Waals surface area contributed by atoms with Crippen LogP contribution in [-0.2, 0) is 0 Å². The molecule has 19 heavy (non-hydrogen) atoms. The lowest BCUT2D eigenvalue weighted by atomic mass is 10.2. The van der Waals surface area contributed by atoms with Crippen LogP contribution in [0, 0.1) is 11.3 Å². The SMILES string of the molecule is N#CC(=C(O)CCCl)c1nc(=O)c2ccccc2s1. The molecule has 0 radical (unpaired) electrons. The van der Waals surface area contributed by atoms with Gasteiger partial charge in [0.2, 0.25) is 0 Å². The number of aromatic nitrogens is 1. The van der Waals surface area contributed by atoms with Gasteiger partial charge in [0.05, 0.1) is 5.39 Å². The van der Waals surface area contributed by atoms with E-state index in [9.17, 15) is 9.90 Å². The molecule has 6 heteroatoms. The van der Waals surface area contributed by atoms with Gasteiger partial charge < -0.3 is 5.11 Å². The predicted molar refractivity (Wildman–Crippen MR) is 76.4 cm³/mol. The maximum Gasteiger partial charge on any atom is 0.279 e. The van der Waals surface area contributed by atoms with Gasteiger partial charge in [0, 0.05) is 17.0 Å². The lowest BCUT2D eigenvalue weighted by Gasteiger charge is -2.02. The van der Waals surface area contributed by atoms with E-state index in [2.05, 4.69) is 4.98 Å². The van der Waals surface area contributed by atoms with Crippen molar-refractivity contribution in [3.05, 3.63) is 45.4 Å². The van der Waals surface area contributed by atoms with Crippen LogP contribution in [0.5, 0.6) is 0 Å². The Bertz CT molecular complexity index is 746. The lowest BCUT2D eigenvalue weighted by Crippen LogP contribution is -2.08. The molecule has 1 N–H and O–H groups in total. The Labute approximate surface area is 118 Å². The molecule has 0 aliphatic heterocycles. The largest absolute Gasteiger partial charge is 0.511 e. The number of benzene rings is 1. The molecule has 1 aromatic heterocycles. The van der Waals surface area contributed by atoms with Crippen molar-refractivity contribution in [2.45, 2.75) is 6.42 Å². The molecule has 0 saturated carbocycles. The highest BCUT2D eigenvalue weighted by atomic mass is 35.5. The van der Waals surface area contributed by atoms with E-state index in [0.717, 1.165) is 4.70 Å². The third-order valence-corrected chi connectivity index (χ3v) is 3.73. The zero-order valence-electron chi connectivity index (χ0n) is 9.76. The molecule has 0 aliphatic rings. The normalized spacial score (nSPS) is 12.0. The molecule has 2 aromatic rings. The molecule has 0 bridgehead atoms. The monoisotopic (exact) mass is 292 g/mol. The van der Waals surface area contributed by atoms with Gasteiger partial charge in [-0.1, -0.05) is 12.1 Å². The molecular formula is C13H9ClN2O2S. The first kappa shape index (κ1) is 13.5. The molecule has 96 valence electrons. The molecule has 0 aliphatic carbocycles. The molecule has 0 saturated heterocycles. The zero-order valence-corrected chi connectivity index (χ0v) is 11.3. The Morgan fingerprint density at radius 2 is 2.21 bits per heavy atom. The Kier molecular flexibility index (Phi) is 4.15. The van der Waals surface area contributed by atoms with Crippen molar-refractivity contribution in [3.8, 4) is 6.07 Å². The fourth-order valence-corrected chi connectivity index (χ4v) is 2.76. The van der Waals surface area contributed by atoms with E-state index in [1.807, 2.05) is 6.07 Å². The van der Waals surface area contributed by atoms with Gasteiger partial charge in [0.1, 0.15) is 22.4 Å². The second kappa shape index (κ2) is 5.83.